The van der Waals surface area contributed by atoms with Gasteiger partial charge in [-0.25, -0.2) is 0 Å². The average Bonchev–Trinajstić information content (AvgIpc) is 2.38. The molecule has 0 aromatic carbocycles. The molecule has 6 heteroatoms. The van der Waals surface area contributed by atoms with Crippen molar-refractivity contribution in [3.05, 3.63) is 24.0 Å². The van der Waals surface area contributed by atoms with Gasteiger partial charge in [0, 0.05) is 24.5 Å². The summed E-state index contributed by atoms with van der Waals surface area (Å²) in [7, 11) is 0. The van der Waals surface area contributed by atoms with E-state index in [1.807, 2.05) is 6.92 Å². The van der Waals surface area contributed by atoms with Crippen LogP contribution in [-0.4, -0.2) is 34.6 Å². The van der Waals surface area contributed by atoms with Crippen LogP contribution in [0.15, 0.2) is 18.3 Å². The molecular formula is C13H19N3O3. The van der Waals surface area contributed by atoms with E-state index in [1.165, 1.54) is 6.20 Å². The zero-order chi connectivity index (χ0) is 14.4. The number of amides is 1. The summed E-state index contributed by atoms with van der Waals surface area (Å²) in [6.07, 6.45) is 1.52. The molecule has 0 saturated carbocycles. The minimum absolute atomic E-state index is 0.245. The maximum Gasteiger partial charge on any atom is 0.308 e. The molecular weight excluding hydrogens is 246 g/mol. The molecule has 19 heavy (non-hydrogen) atoms. The molecule has 3 N–H and O–H groups in total. The van der Waals surface area contributed by atoms with Crippen molar-refractivity contribution in [2.45, 2.75) is 26.8 Å². The summed E-state index contributed by atoms with van der Waals surface area (Å²) in [6.45, 7) is 5.78. The molecule has 1 heterocycles. The largest absolute Gasteiger partial charge is 0.481 e. The van der Waals surface area contributed by atoms with Gasteiger partial charge in [0.15, 0.2) is 0 Å². The van der Waals surface area contributed by atoms with Crippen LogP contribution in [-0.2, 0) is 4.79 Å². The van der Waals surface area contributed by atoms with E-state index in [0.29, 0.717) is 17.9 Å². The van der Waals surface area contributed by atoms with Crippen LogP contribution in [0, 0.1) is 5.92 Å². The first kappa shape index (κ1) is 14.9. The second-order valence-corrected chi connectivity index (χ2v) is 4.35. The third kappa shape index (κ3) is 4.24. The van der Waals surface area contributed by atoms with Gasteiger partial charge in [-0.1, -0.05) is 0 Å². The highest BCUT2D eigenvalue weighted by Gasteiger charge is 2.19. The molecule has 0 aliphatic rings. The smallest absolute Gasteiger partial charge is 0.308 e. The number of aromatic nitrogens is 1. The molecule has 6 nitrogen and oxygen atoms in total. The molecule has 104 valence electrons. The Morgan fingerprint density at radius 2 is 2.11 bits per heavy atom. The SMILES string of the molecule is CCNC(=O)c1cc(NC(C)C(C)C(=O)O)ccn1. The van der Waals surface area contributed by atoms with E-state index >= 15 is 0 Å². The molecule has 1 rings (SSSR count). The summed E-state index contributed by atoms with van der Waals surface area (Å²) in [4.78, 5) is 26.5. The summed E-state index contributed by atoms with van der Waals surface area (Å²) in [5, 5.41) is 14.6. The van der Waals surface area contributed by atoms with Crippen LogP contribution in [0.5, 0.6) is 0 Å². The summed E-state index contributed by atoms with van der Waals surface area (Å²) in [6, 6.07) is 3.06. The number of nitrogens with zero attached hydrogens (tertiary/aromatic N) is 1. The number of carbonyl (C=O) groups excluding carboxylic acids is 1. The summed E-state index contributed by atoms with van der Waals surface area (Å²) < 4.78 is 0. The van der Waals surface area contributed by atoms with Crippen LogP contribution in [0.3, 0.4) is 0 Å². The van der Waals surface area contributed by atoms with E-state index in [9.17, 15) is 9.59 Å². The Morgan fingerprint density at radius 3 is 2.68 bits per heavy atom. The Labute approximate surface area is 112 Å². The van der Waals surface area contributed by atoms with Gasteiger partial charge in [0.25, 0.3) is 5.91 Å². The predicted octanol–water partition coefficient (Wildman–Crippen LogP) is 1.35. The Kier molecular flexibility index (Phi) is 5.29. The highest BCUT2D eigenvalue weighted by Crippen LogP contribution is 2.13. The Hall–Kier alpha value is -2.11. The molecule has 1 amide bonds. The zero-order valence-electron chi connectivity index (χ0n) is 11.3. The highest BCUT2D eigenvalue weighted by atomic mass is 16.4. The second kappa shape index (κ2) is 6.72. The first-order valence-electron chi connectivity index (χ1n) is 6.19. The molecule has 0 bridgehead atoms. The monoisotopic (exact) mass is 265 g/mol. The van der Waals surface area contributed by atoms with Gasteiger partial charge in [-0.2, -0.15) is 0 Å². The van der Waals surface area contributed by atoms with Crippen LogP contribution >= 0.6 is 0 Å². The van der Waals surface area contributed by atoms with Crippen LogP contribution in [0.2, 0.25) is 0 Å². The maximum atomic E-state index is 11.6. The normalized spacial score (nSPS) is 13.4. The van der Waals surface area contributed by atoms with Crippen molar-refractivity contribution in [3.63, 3.8) is 0 Å². The Balaban J connectivity index is 2.77. The number of carboxylic acid groups (broad SMARTS) is 1. The number of carbonyl (C=O) groups is 2. The molecule has 1 aromatic rings. The molecule has 0 radical (unpaired) electrons. The van der Waals surface area contributed by atoms with Crippen LogP contribution in [0.25, 0.3) is 0 Å². The van der Waals surface area contributed by atoms with E-state index < -0.39 is 11.9 Å². The number of pyridine rings is 1. The number of carboxylic acids is 1. The fraction of sp³-hybridized carbons (Fsp3) is 0.462. The molecule has 0 fully saturated rings. The lowest BCUT2D eigenvalue weighted by atomic mass is 10.0. The quantitative estimate of drug-likeness (QED) is 0.722. The first-order chi connectivity index (χ1) is 8.95. The molecule has 1 aromatic heterocycles. The van der Waals surface area contributed by atoms with Crippen molar-refractivity contribution in [1.29, 1.82) is 0 Å². The number of hydrogen-bond donors (Lipinski definition) is 3. The maximum absolute atomic E-state index is 11.6. The third-order valence-electron chi connectivity index (χ3n) is 2.86. The second-order valence-electron chi connectivity index (χ2n) is 4.35. The topological polar surface area (TPSA) is 91.3 Å². The predicted molar refractivity (Wildman–Crippen MR) is 72.1 cm³/mol. The van der Waals surface area contributed by atoms with E-state index in [0.717, 1.165) is 0 Å². The number of rotatable bonds is 6. The summed E-state index contributed by atoms with van der Waals surface area (Å²) >= 11 is 0. The molecule has 0 aliphatic heterocycles. The van der Waals surface area contributed by atoms with Crippen molar-refractivity contribution in [2.24, 2.45) is 5.92 Å². The lowest BCUT2D eigenvalue weighted by molar-refractivity contribution is -0.141. The third-order valence-corrected chi connectivity index (χ3v) is 2.86. The van der Waals surface area contributed by atoms with Crippen LogP contribution in [0.4, 0.5) is 5.69 Å². The van der Waals surface area contributed by atoms with Crippen molar-refractivity contribution < 1.29 is 14.7 Å². The number of nitrogens with one attached hydrogen (secondary N) is 2. The minimum atomic E-state index is -0.863. The van der Waals surface area contributed by atoms with E-state index in [1.54, 1.807) is 26.0 Å². The van der Waals surface area contributed by atoms with Gasteiger partial charge in [0.1, 0.15) is 5.69 Å². The van der Waals surface area contributed by atoms with Crippen LogP contribution < -0.4 is 10.6 Å². The van der Waals surface area contributed by atoms with Crippen molar-refractivity contribution >= 4 is 17.6 Å². The van der Waals surface area contributed by atoms with Gasteiger partial charge in [0.05, 0.1) is 5.92 Å². The average molecular weight is 265 g/mol. The molecule has 2 unspecified atom stereocenters. The number of aliphatic carboxylic acids is 1. The fourth-order valence-electron chi connectivity index (χ4n) is 1.50. The minimum Gasteiger partial charge on any atom is -0.481 e. The van der Waals surface area contributed by atoms with Gasteiger partial charge < -0.3 is 15.7 Å². The molecule has 0 saturated heterocycles. The number of anilines is 1. The van der Waals surface area contributed by atoms with Crippen LogP contribution in [0.1, 0.15) is 31.3 Å². The van der Waals surface area contributed by atoms with E-state index in [-0.39, 0.29) is 11.9 Å². The zero-order valence-corrected chi connectivity index (χ0v) is 11.3. The lowest BCUT2D eigenvalue weighted by Gasteiger charge is -2.19. The van der Waals surface area contributed by atoms with Gasteiger partial charge in [-0.15, -0.1) is 0 Å². The van der Waals surface area contributed by atoms with Crippen molar-refractivity contribution in [3.8, 4) is 0 Å². The summed E-state index contributed by atoms with van der Waals surface area (Å²) in [5.41, 5.74) is 0.985. The summed E-state index contributed by atoms with van der Waals surface area (Å²) in [5.74, 6) is -1.64. The Morgan fingerprint density at radius 1 is 1.42 bits per heavy atom. The standard InChI is InChI=1S/C13H19N3O3/c1-4-14-12(17)11-7-10(5-6-15-11)16-9(3)8(2)13(18)19/h5-9H,4H2,1-3H3,(H,14,17)(H,15,16)(H,18,19). The van der Waals surface area contributed by atoms with E-state index in [2.05, 4.69) is 15.6 Å². The first-order valence-corrected chi connectivity index (χ1v) is 6.19. The highest BCUT2D eigenvalue weighted by molar-refractivity contribution is 5.93. The van der Waals surface area contributed by atoms with Gasteiger partial charge in [0.2, 0.25) is 0 Å². The van der Waals surface area contributed by atoms with Crippen molar-refractivity contribution in [1.82, 2.24) is 10.3 Å². The fourth-order valence-corrected chi connectivity index (χ4v) is 1.50. The van der Waals surface area contributed by atoms with Gasteiger partial charge in [-0.3, -0.25) is 14.6 Å². The molecule has 0 aliphatic carbocycles. The lowest BCUT2D eigenvalue weighted by Crippen LogP contribution is -2.30. The van der Waals surface area contributed by atoms with Gasteiger partial charge >= 0.3 is 5.97 Å². The van der Waals surface area contributed by atoms with Gasteiger partial charge in [-0.05, 0) is 32.9 Å². The molecule has 0 spiro atoms. The van der Waals surface area contributed by atoms with E-state index in [4.69, 9.17) is 5.11 Å². The number of hydrogen-bond acceptors (Lipinski definition) is 4. The Bertz CT molecular complexity index is 462. The molecule has 2 atom stereocenters. The van der Waals surface area contributed by atoms with Crippen molar-refractivity contribution in [2.75, 3.05) is 11.9 Å².